The molecule has 158 valence electrons. The number of sulfonamides is 1. The van der Waals surface area contributed by atoms with E-state index < -0.39 is 10.0 Å². The molecule has 9 heteroatoms. The zero-order chi connectivity index (χ0) is 22.3. The predicted molar refractivity (Wildman–Crippen MR) is 120 cm³/mol. The Morgan fingerprint density at radius 3 is 2.48 bits per heavy atom. The third-order valence-corrected chi connectivity index (χ3v) is 6.13. The number of aryl methyl sites for hydroxylation is 1. The maximum Gasteiger partial charge on any atom is 0.279 e. The average Bonchev–Trinajstić information content (AvgIpc) is 3.30. The van der Waals surface area contributed by atoms with Gasteiger partial charge in [-0.1, -0.05) is 30.3 Å². The normalized spacial score (nSPS) is 12.4. The third-order valence-electron chi connectivity index (χ3n) is 4.80. The molecule has 2 aromatic heterocycles. The molecule has 31 heavy (non-hydrogen) atoms. The van der Waals surface area contributed by atoms with Crippen LogP contribution >= 0.6 is 11.6 Å². The summed E-state index contributed by atoms with van der Waals surface area (Å²) in [4.78, 5) is 12.8. The first-order valence-corrected chi connectivity index (χ1v) is 11.1. The first kappa shape index (κ1) is 20.9. The zero-order valence-electron chi connectivity index (χ0n) is 16.4. The highest BCUT2D eigenvalue weighted by atomic mass is 35.5. The molecule has 0 aliphatic rings. The number of rotatable bonds is 4. The van der Waals surface area contributed by atoms with Crippen molar-refractivity contribution in [3.05, 3.63) is 91.9 Å². The van der Waals surface area contributed by atoms with Gasteiger partial charge in [-0.3, -0.25) is 9.89 Å². The fourth-order valence-corrected chi connectivity index (χ4v) is 3.78. The van der Waals surface area contributed by atoms with Gasteiger partial charge in [-0.25, -0.2) is 18.2 Å². The smallest absolute Gasteiger partial charge is 0.279 e. The van der Waals surface area contributed by atoms with Gasteiger partial charge in [0.15, 0.2) is 0 Å². The number of furan rings is 1. The first-order valence-electron chi connectivity index (χ1n) is 9.15. The minimum Gasteiger partial charge on any atom is -0.457 e. The monoisotopic (exact) mass is 455 g/mol. The highest BCUT2D eigenvalue weighted by molar-refractivity contribution is 7.89. The third kappa shape index (κ3) is 4.13. The van der Waals surface area contributed by atoms with E-state index in [2.05, 4.69) is 11.7 Å². The Kier molecular flexibility index (Phi) is 5.22. The number of halogens is 1. The van der Waals surface area contributed by atoms with E-state index in [0.29, 0.717) is 32.8 Å². The van der Waals surface area contributed by atoms with Crippen molar-refractivity contribution in [2.75, 3.05) is 0 Å². The van der Waals surface area contributed by atoms with Gasteiger partial charge in [-0.05, 0) is 61.0 Å². The number of primary sulfonamides is 1. The van der Waals surface area contributed by atoms with Crippen LogP contribution in [0, 0.1) is 6.92 Å². The topological polar surface area (TPSA) is 111 Å². The van der Waals surface area contributed by atoms with Crippen LogP contribution in [0.25, 0.3) is 29.7 Å². The predicted octanol–water partition coefficient (Wildman–Crippen LogP) is 2.27. The molecule has 0 radical (unpaired) electrons. The van der Waals surface area contributed by atoms with Crippen molar-refractivity contribution in [2.24, 2.45) is 5.14 Å². The molecule has 0 atom stereocenters. The van der Waals surface area contributed by atoms with Gasteiger partial charge in [0.2, 0.25) is 10.0 Å². The van der Waals surface area contributed by atoms with Crippen LogP contribution in [0.3, 0.4) is 0 Å². The Labute approximate surface area is 182 Å². The zero-order valence-corrected chi connectivity index (χ0v) is 18.0. The fourth-order valence-electron chi connectivity index (χ4n) is 3.08. The number of nitrogens with zero attached hydrogens (tertiary/aromatic N) is 1. The van der Waals surface area contributed by atoms with E-state index in [4.69, 9.17) is 21.2 Å². The number of benzene rings is 2. The van der Waals surface area contributed by atoms with Crippen molar-refractivity contribution in [1.29, 1.82) is 0 Å². The van der Waals surface area contributed by atoms with E-state index >= 15 is 0 Å². The molecule has 2 heterocycles. The Bertz CT molecular complexity index is 1560. The number of hydrogen-bond donors (Lipinski definition) is 2. The average molecular weight is 456 g/mol. The van der Waals surface area contributed by atoms with Crippen LogP contribution in [0.15, 0.2) is 68.7 Å². The largest absolute Gasteiger partial charge is 0.457 e. The van der Waals surface area contributed by atoms with Gasteiger partial charge in [-0.2, -0.15) is 0 Å². The fraction of sp³-hybridized carbons (Fsp3) is 0.0455. The van der Waals surface area contributed by atoms with Gasteiger partial charge in [0.1, 0.15) is 11.5 Å². The van der Waals surface area contributed by atoms with Crippen molar-refractivity contribution in [3.63, 3.8) is 0 Å². The molecular weight excluding hydrogens is 438 g/mol. The maximum atomic E-state index is 12.9. The minimum atomic E-state index is -3.82. The SMILES string of the molecule is C=c1[nH]n(-c2ccc(S(N)(=O)=O)cc2)c(=O)/c1=C\c1ccc(-c2ccc(C)c(Cl)c2)o1. The second-order valence-electron chi connectivity index (χ2n) is 6.99. The summed E-state index contributed by atoms with van der Waals surface area (Å²) in [5, 5.41) is 9.34. The van der Waals surface area contributed by atoms with E-state index in [1.54, 1.807) is 18.2 Å². The number of nitrogens with two attached hydrogens (primary N) is 1. The van der Waals surface area contributed by atoms with E-state index in [-0.39, 0.29) is 10.5 Å². The number of H-pyrrole nitrogens is 1. The Balaban J connectivity index is 1.73. The summed E-state index contributed by atoms with van der Waals surface area (Å²) in [5.74, 6) is 1.10. The van der Waals surface area contributed by atoms with Crippen molar-refractivity contribution in [2.45, 2.75) is 11.8 Å². The Morgan fingerprint density at radius 2 is 1.84 bits per heavy atom. The van der Waals surface area contributed by atoms with Gasteiger partial charge < -0.3 is 4.42 Å². The lowest BCUT2D eigenvalue weighted by Crippen LogP contribution is -2.33. The first-order chi connectivity index (χ1) is 14.6. The summed E-state index contributed by atoms with van der Waals surface area (Å²) >= 11 is 6.19. The maximum absolute atomic E-state index is 12.9. The van der Waals surface area contributed by atoms with E-state index in [1.807, 2.05) is 25.1 Å². The number of aromatic amines is 1. The molecule has 0 fully saturated rings. The molecule has 0 aliphatic carbocycles. The van der Waals surface area contributed by atoms with Crippen LogP contribution in [0.5, 0.6) is 0 Å². The molecule has 0 saturated heterocycles. The summed E-state index contributed by atoms with van der Waals surface area (Å²) in [5.41, 5.74) is 1.88. The quantitative estimate of drug-likeness (QED) is 0.491. The van der Waals surface area contributed by atoms with Crippen LogP contribution in [0.1, 0.15) is 11.3 Å². The van der Waals surface area contributed by atoms with E-state index in [1.165, 1.54) is 28.9 Å². The molecule has 0 unspecified atom stereocenters. The molecular formula is C22H18ClN3O4S. The van der Waals surface area contributed by atoms with Crippen LogP contribution in [0.4, 0.5) is 0 Å². The lowest BCUT2D eigenvalue weighted by atomic mass is 10.1. The molecule has 0 bridgehead atoms. The highest BCUT2D eigenvalue weighted by Crippen LogP contribution is 2.27. The van der Waals surface area contributed by atoms with Crippen molar-refractivity contribution < 1.29 is 12.8 Å². The molecule has 0 spiro atoms. The number of aromatic nitrogens is 2. The van der Waals surface area contributed by atoms with Gasteiger partial charge in [0.25, 0.3) is 5.56 Å². The Morgan fingerprint density at radius 1 is 1.13 bits per heavy atom. The molecule has 0 saturated carbocycles. The van der Waals surface area contributed by atoms with Crippen molar-refractivity contribution >= 4 is 34.3 Å². The summed E-state index contributed by atoms with van der Waals surface area (Å²) in [6, 6.07) is 14.8. The Hall–Kier alpha value is -3.33. The van der Waals surface area contributed by atoms with E-state index in [0.717, 1.165) is 11.1 Å². The van der Waals surface area contributed by atoms with Crippen molar-refractivity contribution in [3.8, 4) is 17.0 Å². The molecule has 3 N–H and O–H groups in total. The van der Waals surface area contributed by atoms with Crippen molar-refractivity contribution in [1.82, 2.24) is 9.78 Å². The lowest BCUT2D eigenvalue weighted by molar-refractivity contribution is 0.571. The number of hydrogen-bond acceptors (Lipinski definition) is 4. The number of nitrogens with one attached hydrogen (secondary N) is 1. The summed E-state index contributed by atoms with van der Waals surface area (Å²) in [7, 11) is -3.82. The van der Waals surface area contributed by atoms with Crippen LogP contribution < -0.4 is 21.3 Å². The molecule has 0 amide bonds. The molecule has 4 rings (SSSR count). The molecule has 4 aromatic rings. The summed E-state index contributed by atoms with van der Waals surface area (Å²) < 4.78 is 30.0. The second kappa shape index (κ2) is 7.73. The molecule has 0 aliphatic heterocycles. The van der Waals surface area contributed by atoms with Gasteiger partial charge in [0, 0.05) is 10.6 Å². The van der Waals surface area contributed by atoms with Crippen LogP contribution in [-0.2, 0) is 10.0 Å². The molecule has 2 aromatic carbocycles. The summed E-state index contributed by atoms with van der Waals surface area (Å²) in [6.07, 6.45) is 1.59. The van der Waals surface area contributed by atoms with Gasteiger partial charge in [-0.15, -0.1) is 0 Å². The van der Waals surface area contributed by atoms with Gasteiger partial charge in [0.05, 0.1) is 21.2 Å². The van der Waals surface area contributed by atoms with Crippen LogP contribution in [-0.4, -0.2) is 18.2 Å². The summed E-state index contributed by atoms with van der Waals surface area (Å²) in [6.45, 7) is 5.80. The standard InChI is InChI=1S/C22H18ClN3O4S/c1-13-3-4-15(11-20(13)23)21-10-7-17(30-21)12-19-14(2)25-26(22(19)27)16-5-8-18(9-6-16)31(24,28)29/h3-12,25H,2H2,1H3,(H2,24,28,29)/b19-12-. The van der Waals surface area contributed by atoms with E-state index in [9.17, 15) is 13.2 Å². The van der Waals surface area contributed by atoms with Gasteiger partial charge >= 0.3 is 0 Å². The van der Waals surface area contributed by atoms with Crippen LogP contribution in [0.2, 0.25) is 5.02 Å². The second-order valence-corrected chi connectivity index (χ2v) is 8.96. The highest BCUT2D eigenvalue weighted by Gasteiger charge is 2.10. The molecule has 7 nitrogen and oxygen atoms in total. The lowest BCUT2D eigenvalue weighted by Gasteiger charge is -2.02. The minimum absolute atomic E-state index is 0.0446.